The van der Waals surface area contributed by atoms with Gasteiger partial charge in [0.25, 0.3) is 5.82 Å². The van der Waals surface area contributed by atoms with Crippen LogP contribution in [0.15, 0.2) is 42.7 Å². The zero-order valence-electron chi connectivity index (χ0n) is 17.5. The molecule has 0 atom stereocenters. The van der Waals surface area contributed by atoms with E-state index in [9.17, 15) is 0 Å². The molecule has 0 amide bonds. The van der Waals surface area contributed by atoms with Crippen LogP contribution < -0.4 is 4.57 Å². The van der Waals surface area contributed by atoms with E-state index in [4.69, 9.17) is 4.74 Å². The molecular formula is C24H39N2O+. The third-order valence-corrected chi connectivity index (χ3v) is 5.13. The van der Waals surface area contributed by atoms with E-state index in [2.05, 4.69) is 65.7 Å². The number of nitrogens with zero attached hydrogens (tertiary/aromatic N) is 2. The van der Waals surface area contributed by atoms with Crippen molar-refractivity contribution < 1.29 is 9.30 Å². The van der Waals surface area contributed by atoms with Crippen LogP contribution in [0.5, 0.6) is 0 Å². The zero-order valence-corrected chi connectivity index (χ0v) is 17.5. The fourth-order valence-electron chi connectivity index (χ4n) is 3.53. The lowest BCUT2D eigenvalue weighted by atomic mass is 10.1. The van der Waals surface area contributed by atoms with Gasteiger partial charge in [-0.3, -0.25) is 0 Å². The Morgan fingerprint density at radius 2 is 1.48 bits per heavy atom. The molecule has 3 nitrogen and oxygen atoms in total. The van der Waals surface area contributed by atoms with Crippen LogP contribution in [-0.4, -0.2) is 11.2 Å². The third kappa shape index (κ3) is 7.88. The highest BCUT2D eigenvalue weighted by atomic mass is 16.5. The lowest BCUT2D eigenvalue weighted by molar-refractivity contribution is -0.722. The zero-order chi connectivity index (χ0) is 19.2. The molecule has 0 aliphatic carbocycles. The lowest BCUT2D eigenvalue weighted by Crippen LogP contribution is -2.36. The van der Waals surface area contributed by atoms with Gasteiger partial charge in [0.05, 0.1) is 18.7 Å². The number of rotatable bonds is 15. The van der Waals surface area contributed by atoms with Gasteiger partial charge in [0.15, 0.2) is 6.73 Å². The maximum atomic E-state index is 5.99. The molecule has 0 unspecified atom stereocenters. The van der Waals surface area contributed by atoms with Crippen LogP contribution >= 0.6 is 0 Å². The van der Waals surface area contributed by atoms with Crippen molar-refractivity contribution in [2.24, 2.45) is 0 Å². The molecule has 3 heteroatoms. The first kappa shape index (κ1) is 21.7. The first-order valence-corrected chi connectivity index (χ1v) is 11.1. The minimum Gasteiger partial charge on any atom is -0.342 e. The number of imidazole rings is 1. The summed E-state index contributed by atoms with van der Waals surface area (Å²) in [6.07, 6.45) is 17.4. The quantitative estimate of drug-likeness (QED) is 0.263. The minimum absolute atomic E-state index is 0.640. The molecule has 1 heterocycles. The van der Waals surface area contributed by atoms with Crippen molar-refractivity contribution >= 4 is 0 Å². The van der Waals surface area contributed by atoms with E-state index in [0.29, 0.717) is 6.73 Å². The maximum Gasteiger partial charge on any atom is 0.290 e. The van der Waals surface area contributed by atoms with Gasteiger partial charge in [-0.25, -0.2) is 9.13 Å². The highest BCUT2D eigenvalue weighted by Gasteiger charge is 2.18. The van der Waals surface area contributed by atoms with Gasteiger partial charge < -0.3 is 4.74 Å². The summed E-state index contributed by atoms with van der Waals surface area (Å²) < 4.78 is 10.6. The molecule has 27 heavy (non-hydrogen) atoms. The smallest absolute Gasteiger partial charge is 0.290 e. The molecule has 0 radical (unpaired) electrons. The molecule has 1 aromatic heterocycles. The second kappa shape index (κ2) is 13.5. The predicted octanol–water partition coefficient (Wildman–Crippen LogP) is 6.36. The number of ether oxygens (including phenoxy) is 1. The highest BCUT2D eigenvalue weighted by Crippen LogP contribution is 2.17. The van der Waals surface area contributed by atoms with Gasteiger partial charge in [0, 0.05) is 0 Å². The largest absolute Gasteiger partial charge is 0.342 e. The van der Waals surface area contributed by atoms with E-state index in [1.807, 2.05) is 0 Å². The van der Waals surface area contributed by atoms with E-state index in [0.717, 1.165) is 13.2 Å². The van der Waals surface area contributed by atoms with Crippen LogP contribution in [-0.2, 0) is 18.0 Å². The lowest BCUT2D eigenvalue weighted by Gasteiger charge is -2.07. The van der Waals surface area contributed by atoms with Crippen LogP contribution in [0.25, 0.3) is 11.4 Å². The molecule has 2 aromatic rings. The van der Waals surface area contributed by atoms with Crippen LogP contribution in [0.2, 0.25) is 0 Å². The Balaban J connectivity index is 1.88. The average molecular weight is 372 g/mol. The minimum atomic E-state index is 0.640. The van der Waals surface area contributed by atoms with Gasteiger partial charge in [0.2, 0.25) is 0 Å². The Morgan fingerprint density at radius 3 is 2.22 bits per heavy atom. The van der Waals surface area contributed by atoms with Crippen LogP contribution in [0.3, 0.4) is 0 Å². The molecule has 0 N–H and O–H groups in total. The normalized spacial score (nSPS) is 11.2. The van der Waals surface area contributed by atoms with Crippen LogP contribution in [0.4, 0.5) is 0 Å². The van der Waals surface area contributed by atoms with Crippen molar-refractivity contribution in [3.05, 3.63) is 42.7 Å². The molecule has 0 aliphatic rings. The van der Waals surface area contributed by atoms with Crippen LogP contribution in [0.1, 0.15) is 78.1 Å². The van der Waals surface area contributed by atoms with E-state index < -0.39 is 0 Å². The number of unbranched alkanes of at least 4 members (excludes halogenated alkanes) is 8. The second-order valence-corrected chi connectivity index (χ2v) is 7.52. The maximum absolute atomic E-state index is 5.99. The van der Waals surface area contributed by atoms with Crippen molar-refractivity contribution in [1.82, 2.24) is 4.57 Å². The molecule has 0 saturated heterocycles. The molecule has 2 rings (SSSR count). The van der Waals surface area contributed by atoms with Crippen molar-refractivity contribution in [3.8, 4) is 11.4 Å². The first-order chi connectivity index (χ1) is 13.4. The SMILES string of the molecule is CCCCCCCCOC[n+]1ccn(CCCCCC)c1-c1ccccc1. The summed E-state index contributed by atoms with van der Waals surface area (Å²) >= 11 is 0. The van der Waals surface area contributed by atoms with Gasteiger partial charge in [-0.15, -0.1) is 0 Å². The summed E-state index contributed by atoms with van der Waals surface area (Å²) in [6.45, 7) is 7.10. The number of hydrogen-bond donors (Lipinski definition) is 0. The Hall–Kier alpha value is -1.61. The molecule has 1 aromatic carbocycles. The molecule has 0 spiro atoms. The Labute approximate surface area is 166 Å². The van der Waals surface area contributed by atoms with Crippen LogP contribution in [0, 0.1) is 0 Å². The van der Waals surface area contributed by atoms with Crippen molar-refractivity contribution in [1.29, 1.82) is 0 Å². The second-order valence-electron chi connectivity index (χ2n) is 7.52. The number of aromatic nitrogens is 2. The summed E-state index contributed by atoms with van der Waals surface area (Å²) in [7, 11) is 0. The molecule has 0 bridgehead atoms. The van der Waals surface area contributed by atoms with Crippen molar-refractivity contribution in [2.75, 3.05) is 6.61 Å². The highest BCUT2D eigenvalue weighted by molar-refractivity contribution is 5.52. The van der Waals surface area contributed by atoms with E-state index in [1.54, 1.807) is 0 Å². The fourth-order valence-corrected chi connectivity index (χ4v) is 3.53. The summed E-state index contributed by atoms with van der Waals surface area (Å²) in [4.78, 5) is 0. The third-order valence-electron chi connectivity index (χ3n) is 5.13. The molecule has 150 valence electrons. The number of hydrogen-bond acceptors (Lipinski definition) is 1. The van der Waals surface area contributed by atoms with E-state index in [1.165, 1.54) is 75.6 Å². The Morgan fingerprint density at radius 1 is 0.815 bits per heavy atom. The summed E-state index contributed by atoms with van der Waals surface area (Å²) in [5.74, 6) is 1.26. The fraction of sp³-hybridized carbons (Fsp3) is 0.625. The molecule has 0 saturated carbocycles. The Kier molecular flexibility index (Phi) is 10.9. The van der Waals surface area contributed by atoms with Gasteiger partial charge in [-0.1, -0.05) is 77.0 Å². The van der Waals surface area contributed by atoms with E-state index in [-0.39, 0.29) is 0 Å². The number of aryl methyl sites for hydroxylation is 1. The average Bonchev–Trinajstić information content (AvgIpc) is 3.10. The van der Waals surface area contributed by atoms with Crippen molar-refractivity contribution in [2.45, 2.75) is 91.3 Å². The van der Waals surface area contributed by atoms with Crippen molar-refractivity contribution in [3.63, 3.8) is 0 Å². The van der Waals surface area contributed by atoms with Gasteiger partial charge in [0.1, 0.15) is 12.4 Å². The first-order valence-electron chi connectivity index (χ1n) is 11.1. The van der Waals surface area contributed by atoms with E-state index >= 15 is 0 Å². The molecule has 0 aliphatic heterocycles. The summed E-state index contributed by atoms with van der Waals surface area (Å²) in [5.41, 5.74) is 1.26. The summed E-state index contributed by atoms with van der Waals surface area (Å²) in [6, 6.07) is 10.7. The topological polar surface area (TPSA) is 18.0 Å². The van der Waals surface area contributed by atoms with Gasteiger partial charge in [-0.05, 0) is 31.4 Å². The molecule has 0 fully saturated rings. The Bertz CT molecular complexity index is 606. The van der Waals surface area contributed by atoms with Gasteiger partial charge >= 0.3 is 0 Å². The molecular weight excluding hydrogens is 332 g/mol. The van der Waals surface area contributed by atoms with Gasteiger partial charge in [-0.2, -0.15) is 0 Å². The standard InChI is InChI=1S/C24H39N2O/c1-3-5-7-9-10-15-21-27-22-26-20-19-25(18-14-8-6-4-2)24(26)23-16-12-11-13-17-23/h11-13,16-17,19-20H,3-10,14-15,18,21-22H2,1-2H3/q+1. The summed E-state index contributed by atoms with van der Waals surface area (Å²) in [5, 5.41) is 0. The number of benzene rings is 1. The monoisotopic (exact) mass is 371 g/mol. The predicted molar refractivity (Wildman–Crippen MR) is 114 cm³/mol.